The number of methoxy groups -OCH3 is 1. The fraction of sp³-hybridized carbons (Fsp3) is 0.526. The Labute approximate surface area is 141 Å². The Morgan fingerprint density at radius 2 is 2.21 bits per heavy atom. The van der Waals surface area contributed by atoms with Gasteiger partial charge in [-0.2, -0.15) is 0 Å². The smallest absolute Gasteiger partial charge is 0.289 e. The Morgan fingerprint density at radius 1 is 1.42 bits per heavy atom. The molecule has 1 aliphatic carbocycles. The maximum atomic E-state index is 13.0. The fourth-order valence-electron chi connectivity index (χ4n) is 3.82. The molecule has 2 heterocycles. The number of aliphatic hydroxyl groups is 1. The zero-order chi connectivity index (χ0) is 16.9. The molecule has 0 bridgehead atoms. The summed E-state index contributed by atoms with van der Waals surface area (Å²) in [5, 5.41) is 11.3. The van der Waals surface area contributed by atoms with Gasteiger partial charge in [0.1, 0.15) is 11.3 Å². The minimum Gasteiger partial charge on any atom is -0.497 e. The molecule has 1 saturated carbocycles. The van der Waals surface area contributed by atoms with E-state index in [4.69, 9.17) is 9.15 Å². The van der Waals surface area contributed by atoms with E-state index in [9.17, 15) is 9.90 Å². The summed E-state index contributed by atoms with van der Waals surface area (Å²) >= 11 is 0. The SMILES string of the molecule is COc1ccc2c(C)c(C(=O)N3CCCC(C4(O)CC4)C3)oc2c1. The van der Waals surface area contributed by atoms with Crippen LogP contribution in [0.15, 0.2) is 22.6 Å². The van der Waals surface area contributed by atoms with Crippen LogP contribution in [0.1, 0.15) is 41.8 Å². The molecule has 1 aliphatic heterocycles. The monoisotopic (exact) mass is 329 g/mol. The molecule has 0 radical (unpaired) electrons. The van der Waals surface area contributed by atoms with Crippen LogP contribution in [0.5, 0.6) is 5.75 Å². The summed E-state index contributed by atoms with van der Waals surface area (Å²) in [5.41, 5.74) is 1.00. The molecular formula is C19H23NO4. The minimum absolute atomic E-state index is 0.0726. The molecule has 1 N–H and O–H groups in total. The number of piperidine rings is 1. The Kier molecular flexibility index (Phi) is 3.57. The standard InChI is InChI=1S/C19H23NO4/c1-12-15-6-5-14(23-2)10-16(15)24-17(12)18(21)20-9-3-4-13(11-20)19(22)7-8-19/h5-6,10,13,22H,3-4,7-9,11H2,1-2H3. The van der Waals surface area contributed by atoms with Gasteiger partial charge in [-0.05, 0) is 44.7 Å². The summed E-state index contributed by atoms with van der Waals surface area (Å²) in [4.78, 5) is 14.8. The molecule has 5 heteroatoms. The van der Waals surface area contributed by atoms with Crippen molar-refractivity contribution in [1.82, 2.24) is 4.90 Å². The van der Waals surface area contributed by atoms with E-state index in [1.54, 1.807) is 7.11 Å². The van der Waals surface area contributed by atoms with Crippen LogP contribution in [-0.2, 0) is 0 Å². The number of hydrogen-bond acceptors (Lipinski definition) is 4. The van der Waals surface area contributed by atoms with E-state index >= 15 is 0 Å². The highest BCUT2D eigenvalue weighted by molar-refractivity contribution is 5.99. The number of likely N-dealkylation sites (tertiary alicyclic amines) is 1. The predicted octanol–water partition coefficient (Wildman–Crippen LogP) is 3.13. The first-order chi connectivity index (χ1) is 11.5. The van der Waals surface area contributed by atoms with Crippen LogP contribution >= 0.6 is 0 Å². The summed E-state index contributed by atoms with van der Waals surface area (Å²) in [7, 11) is 1.61. The van der Waals surface area contributed by atoms with E-state index in [1.165, 1.54) is 0 Å². The van der Waals surface area contributed by atoms with Crippen LogP contribution in [0, 0.1) is 12.8 Å². The maximum Gasteiger partial charge on any atom is 0.289 e. The molecule has 1 atom stereocenters. The quantitative estimate of drug-likeness (QED) is 0.940. The molecule has 1 saturated heterocycles. The summed E-state index contributed by atoms with van der Waals surface area (Å²) in [6.45, 7) is 3.27. The molecular weight excluding hydrogens is 306 g/mol. The maximum absolute atomic E-state index is 13.0. The second-order valence-electron chi connectivity index (χ2n) is 7.11. The lowest BCUT2D eigenvalue weighted by molar-refractivity contribution is 0.0268. The Balaban J connectivity index is 1.61. The minimum atomic E-state index is -0.533. The van der Waals surface area contributed by atoms with Gasteiger partial charge in [-0.15, -0.1) is 0 Å². The van der Waals surface area contributed by atoms with Crippen molar-refractivity contribution < 1.29 is 19.1 Å². The molecule has 2 aromatic rings. The van der Waals surface area contributed by atoms with Gasteiger partial charge in [0.15, 0.2) is 5.76 Å². The molecule has 24 heavy (non-hydrogen) atoms. The molecule has 1 aromatic heterocycles. The summed E-state index contributed by atoms with van der Waals surface area (Å²) in [6, 6.07) is 5.61. The van der Waals surface area contributed by atoms with Crippen molar-refractivity contribution in [3.63, 3.8) is 0 Å². The molecule has 1 unspecified atom stereocenters. The number of ether oxygens (including phenoxy) is 1. The molecule has 4 rings (SSSR count). The van der Waals surface area contributed by atoms with Crippen LogP contribution in [0.4, 0.5) is 0 Å². The van der Waals surface area contributed by atoms with Crippen LogP contribution < -0.4 is 4.74 Å². The highest BCUT2D eigenvalue weighted by atomic mass is 16.5. The molecule has 2 aliphatic rings. The van der Waals surface area contributed by atoms with Crippen molar-refractivity contribution in [3.8, 4) is 5.75 Å². The van der Waals surface area contributed by atoms with Crippen molar-refractivity contribution in [3.05, 3.63) is 29.5 Å². The van der Waals surface area contributed by atoms with Gasteiger partial charge < -0.3 is 19.2 Å². The lowest BCUT2D eigenvalue weighted by Gasteiger charge is -2.35. The normalized spacial score (nSPS) is 22.6. The van der Waals surface area contributed by atoms with Crippen LogP contribution in [-0.4, -0.2) is 41.7 Å². The topological polar surface area (TPSA) is 62.9 Å². The lowest BCUT2D eigenvalue weighted by atomic mass is 9.90. The van der Waals surface area contributed by atoms with Gasteiger partial charge in [0.05, 0.1) is 12.7 Å². The lowest BCUT2D eigenvalue weighted by Crippen LogP contribution is -2.44. The van der Waals surface area contributed by atoms with Gasteiger partial charge in [-0.25, -0.2) is 0 Å². The average Bonchev–Trinajstić information content (AvgIpc) is 3.28. The van der Waals surface area contributed by atoms with Gasteiger partial charge >= 0.3 is 0 Å². The molecule has 5 nitrogen and oxygen atoms in total. The number of nitrogens with zero attached hydrogens (tertiary/aromatic N) is 1. The third-order valence-electron chi connectivity index (χ3n) is 5.57. The van der Waals surface area contributed by atoms with E-state index in [0.717, 1.165) is 43.2 Å². The number of aryl methyl sites for hydroxylation is 1. The largest absolute Gasteiger partial charge is 0.497 e. The van der Waals surface area contributed by atoms with E-state index < -0.39 is 5.60 Å². The van der Waals surface area contributed by atoms with E-state index in [0.29, 0.717) is 23.6 Å². The van der Waals surface area contributed by atoms with Crippen molar-refractivity contribution in [2.45, 2.75) is 38.2 Å². The average molecular weight is 329 g/mol. The Morgan fingerprint density at radius 3 is 2.92 bits per heavy atom. The van der Waals surface area contributed by atoms with Crippen LogP contribution in [0.2, 0.25) is 0 Å². The first kappa shape index (κ1) is 15.5. The summed E-state index contributed by atoms with van der Waals surface area (Å²) in [6.07, 6.45) is 3.66. The highest BCUT2D eigenvalue weighted by Crippen LogP contribution is 2.45. The predicted molar refractivity (Wildman–Crippen MR) is 90.3 cm³/mol. The molecule has 1 amide bonds. The van der Waals surface area contributed by atoms with Gasteiger partial charge in [-0.3, -0.25) is 4.79 Å². The van der Waals surface area contributed by atoms with E-state index in [1.807, 2.05) is 30.0 Å². The number of amides is 1. The zero-order valence-electron chi connectivity index (χ0n) is 14.2. The third-order valence-corrected chi connectivity index (χ3v) is 5.57. The third kappa shape index (κ3) is 2.47. The number of benzene rings is 1. The number of carbonyl (C=O) groups excluding carboxylic acids is 1. The highest BCUT2D eigenvalue weighted by Gasteiger charge is 2.49. The van der Waals surface area contributed by atoms with Crippen LogP contribution in [0.3, 0.4) is 0 Å². The number of rotatable bonds is 3. The Bertz CT molecular complexity index is 790. The van der Waals surface area contributed by atoms with Gasteiger partial charge in [-0.1, -0.05) is 0 Å². The van der Waals surface area contributed by atoms with Crippen molar-refractivity contribution >= 4 is 16.9 Å². The summed E-state index contributed by atoms with van der Waals surface area (Å²) < 4.78 is 11.1. The second-order valence-corrected chi connectivity index (χ2v) is 7.11. The first-order valence-corrected chi connectivity index (χ1v) is 8.60. The molecule has 2 fully saturated rings. The van der Waals surface area contributed by atoms with Crippen LogP contribution in [0.25, 0.3) is 11.0 Å². The fourth-order valence-corrected chi connectivity index (χ4v) is 3.82. The van der Waals surface area contributed by atoms with Gasteiger partial charge in [0.25, 0.3) is 5.91 Å². The number of hydrogen-bond donors (Lipinski definition) is 1. The molecule has 0 spiro atoms. The van der Waals surface area contributed by atoms with Crippen molar-refractivity contribution in [2.75, 3.05) is 20.2 Å². The molecule has 1 aromatic carbocycles. The number of fused-ring (bicyclic) bond motifs is 1. The van der Waals surface area contributed by atoms with Gasteiger partial charge in [0, 0.05) is 36.0 Å². The molecule has 128 valence electrons. The van der Waals surface area contributed by atoms with Crippen molar-refractivity contribution in [2.24, 2.45) is 5.92 Å². The van der Waals surface area contributed by atoms with Crippen molar-refractivity contribution in [1.29, 1.82) is 0 Å². The second kappa shape index (κ2) is 5.52. The van der Waals surface area contributed by atoms with E-state index in [-0.39, 0.29) is 11.8 Å². The first-order valence-electron chi connectivity index (χ1n) is 8.60. The zero-order valence-corrected chi connectivity index (χ0v) is 14.2. The number of furan rings is 1. The summed E-state index contributed by atoms with van der Waals surface area (Å²) in [5.74, 6) is 1.24. The Hall–Kier alpha value is -2.01. The number of carbonyl (C=O) groups is 1. The van der Waals surface area contributed by atoms with Gasteiger partial charge in [0.2, 0.25) is 0 Å². The van der Waals surface area contributed by atoms with E-state index in [2.05, 4.69) is 0 Å².